The smallest absolute Gasteiger partial charge is 0.339 e. The number of phenols is 1. The molecule has 0 saturated heterocycles. The molecule has 0 aromatic heterocycles. The number of rotatable bonds is 6. The molecule has 7 heteroatoms. The number of ether oxygens (including phenoxy) is 1. The number of sulfone groups is 1. The van der Waals surface area contributed by atoms with E-state index in [1.54, 1.807) is 12.1 Å². The van der Waals surface area contributed by atoms with Crippen LogP contribution in [0.3, 0.4) is 0 Å². The van der Waals surface area contributed by atoms with Crippen molar-refractivity contribution in [2.45, 2.75) is 18.7 Å². The van der Waals surface area contributed by atoms with Gasteiger partial charge < -0.3 is 14.9 Å². The second kappa shape index (κ2) is 6.92. The van der Waals surface area contributed by atoms with E-state index in [0.29, 0.717) is 0 Å². The maximum Gasteiger partial charge on any atom is 0.339 e. The molecule has 0 aliphatic heterocycles. The first kappa shape index (κ1) is 17.8. The Labute approximate surface area is 140 Å². The Morgan fingerprint density at radius 2 is 1.71 bits per heavy atom. The zero-order valence-corrected chi connectivity index (χ0v) is 14.1. The summed E-state index contributed by atoms with van der Waals surface area (Å²) in [7, 11) is -3.50. The van der Waals surface area contributed by atoms with E-state index in [0.717, 1.165) is 17.2 Å². The van der Waals surface area contributed by atoms with Gasteiger partial charge in [-0.25, -0.2) is 13.2 Å². The maximum absolute atomic E-state index is 12.3. The lowest BCUT2D eigenvalue weighted by Gasteiger charge is -2.10. The minimum Gasteiger partial charge on any atom is -0.507 e. The molecule has 2 aromatic rings. The minimum absolute atomic E-state index is 0.126. The second-order valence-electron chi connectivity index (χ2n) is 5.47. The van der Waals surface area contributed by atoms with Gasteiger partial charge in [-0.3, -0.25) is 0 Å². The Balaban J connectivity index is 2.08. The maximum atomic E-state index is 12.3. The van der Waals surface area contributed by atoms with Crippen LogP contribution < -0.4 is 4.74 Å². The van der Waals surface area contributed by atoms with E-state index in [1.165, 1.54) is 12.1 Å². The standard InChI is InChI=1S/C17H18O6S/c1-11-7-12(2)9-14(8-11)24(21,22)6-5-23-13-3-4-16(18)15(10-13)17(19)20/h3-4,7-10,18H,5-6H2,1-2H3,(H,19,20). The Morgan fingerprint density at radius 3 is 2.29 bits per heavy atom. The highest BCUT2D eigenvalue weighted by Crippen LogP contribution is 2.23. The molecule has 0 heterocycles. The summed E-state index contributed by atoms with van der Waals surface area (Å²) in [6.07, 6.45) is 0. The highest BCUT2D eigenvalue weighted by Gasteiger charge is 2.16. The van der Waals surface area contributed by atoms with E-state index in [1.807, 2.05) is 19.9 Å². The molecule has 0 atom stereocenters. The van der Waals surface area contributed by atoms with Crippen LogP contribution in [0.1, 0.15) is 21.5 Å². The Hall–Kier alpha value is -2.54. The lowest BCUT2D eigenvalue weighted by atomic mass is 10.2. The summed E-state index contributed by atoms with van der Waals surface area (Å²) in [5.74, 6) is -1.72. The Kier molecular flexibility index (Phi) is 5.14. The molecule has 2 N–H and O–H groups in total. The third-order valence-electron chi connectivity index (χ3n) is 3.37. The van der Waals surface area contributed by atoms with E-state index in [-0.39, 0.29) is 34.3 Å². The van der Waals surface area contributed by atoms with E-state index in [2.05, 4.69) is 0 Å². The van der Waals surface area contributed by atoms with Crippen LogP contribution in [0, 0.1) is 13.8 Å². The topological polar surface area (TPSA) is 101 Å². The molecular weight excluding hydrogens is 332 g/mol. The van der Waals surface area contributed by atoms with Crippen LogP contribution in [0.15, 0.2) is 41.3 Å². The lowest BCUT2D eigenvalue weighted by molar-refractivity contribution is 0.0693. The van der Waals surface area contributed by atoms with Gasteiger partial charge in [-0.15, -0.1) is 0 Å². The SMILES string of the molecule is Cc1cc(C)cc(S(=O)(=O)CCOc2ccc(O)c(C(=O)O)c2)c1. The summed E-state index contributed by atoms with van der Waals surface area (Å²) in [5, 5.41) is 18.4. The average Bonchev–Trinajstić information content (AvgIpc) is 2.47. The zero-order chi connectivity index (χ0) is 17.9. The van der Waals surface area contributed by atoms with E-state index < -0.39 is 15.8 Å². The first-order chi connectivity index (χ1) is 11.2. The third-order valence-corrected chi connectivity index (χ3v) is 5.03. The van der Waals surface area contributed by atoms with Crippen LogP contribution in [0.4, 0.5) is 0 Å². The molecule has 0 bridgehead atoms. The lowest BCUT2D eigenvalue weighted by Crippen LogP contribution is -2.14. The van der Waals surface area contributed by atoms with Gasteiger partial charge in [-0.05, 0) is 55.3 Å². The monoisotopic (exact) mass is 350 g/mol. The van der Waals surface area contributed by atoms with Crippen molar-refractivity contribution in [2.75, 3.05) is 12.4 Å². The molecular formula is C17H18O6S. The van der Waals surface area contributed by atoms with Gasteiger partial charge in [0, 0.05) is 0 Å². The van der Waals surface area contributed by atoms with Crippen molar-refractivity contribution in [1.82, 2.24) is 0 Å². The zero-order valence-electron chi connectivity index (χ0n) is 13.3. The molecule has 6 nitrogen and oxygen atoms in total. The Bertz CT molecular complexity index is 850. The van der Waals surface area contributed by atoms with Gasteiger partial charge in [0.05, 0.1) is 10.6 Å². The summed E-state index contributed by atoms with van der Waals surface area (Å²) < 4.78 is 30.0. The predicted octanol–water partition coefficient (Wildman–Crippen LogP) is 2.56. The highest BCUT2D eigenvalue weighted by atomic mass is 32.2. The van der Waals surface area contributed by atoms with Crippen LogP contribution >= 0.6 is 0 Å². The number of carbonyl (C=O) groups is 1. The normalized spacial score (nSPS) is 11.2. The summed E-state index contributed by atoms with van der Waals surface area (Å²) in [6.45, 7) is 3.53. The van der Waals surface area contributed by atoms with Crippen LogP contribution in [0.2, 0.25) is 0 Å². The fraction of sp³-hybridized carbons (Fsp3) is 0.235. The minimum atomic E-state index is -3.50. The Morgan fingerprint density at radius 1 is 1.08 bits per heavy atom. The first-order valence-electron chi connectivity index (χ1n) is 7.19. The molecule has 0 amide bonds. The van der Waals surface area contributed by atoms with Gasteiger partial charge >= 0.3 is 5.97 Å². The molecule has 0 aliphatic carbocycles. The largest absolute Gasteiger partial charge is 0.507 e. The highest BCUT2D eigenvalue weighted by molar-refractivity contribution is 7.91. The molecule has 0 spiro atoms. The van der Waals surface area contributed by atoms with E-state index in [9.17, 15) is 18.3 Å². The van der Waals surface area contributed by atoms with Gasteiger partial charge in [-0.1, -0.05) is 6.07 Å². The van der Waals surface area contributed by atoms with Crippen LogP contribution in [0.5, 0.6) is 11.5 Å². The number of hydrogen-bond acceptors (Lipinski definition) is 5. The molecule has 2 rings (SSSR count). The van der Waals surface area contributed by atoms with Gasteiger partial charge in [0.25, 0.3) is 0 Å². The van der Waals surface area contributed by atoms with Gasteiger partial charge in [-0.2, -0.15) is 0 Å². The molecule has 24 heavy (non-hydrogen) atoms. The first-order valence-corrected chi connectivity index (χ1v) is 8.84. The van der Waals surface area contributed by atoms with Crippen LogP contribution in [-0.2, 0) is 9.84 Å². The summed E-state index contributed by atoms with van der Waals surface area (Å²) in [6, 6.07) is 8.82. The molecule has 128 valence electrons. The fourth-order valence-corrected chi connectivity index (χ4v) is 3.55. The quantitative estimate of drug-likeness (QED) is 0.830. The summed E-state index contributed by atoms with van der Waals surface area (Å²) in [5.41, 5.74) is 1.42. The van der Waals surface area contributed by atoms with E-state index in [4.69, 9.17) is 9.84 Å². The predicted molar refractivity (Wildman–Crippen MR) is 88.5 cm³/mol. The molecule has 0 radical (unpaired) electrons. The second-order valence-corrected chi connectivity index (χ2v) is 7.58. The molecule has 2 aromatic carbocycles. The average molecular weight is 350 g/mol. The van der Waals surface area contributed by atoms with Gasteiger partial charge in [0.15, 0.2) is 9.84 Å². The number of aromatic carboxylic acids is 1. The number of aryl methyl sites for hydroxylation is 2. The van der Waals surface area contributed by atoms with Gasteiger partial charge in [0.1, 0.15) is 23.7 Å². The van der Waals surface area contributed by atoms with Crippen LogP contribution in [0.25, 0.3) is 0 Å². The van der Waals surface area contributed by atoms with E-state index >= 15 is 0 Å². The summed E-state index contributed by atoms with van der Waals surface area (Å²) in [4.78, 5) is 11.2. The number of carboxylic acid groups (broad SMARTS) is 1. The van der Waals surface area contributed by atoms with Gasteiger partial charge in [0.2, 0.25) is 0 Å². The molecule has 0 unspecified atom stereocenters. The molecule has 0 saturated carbocycles. The summed E-state index contributed by atoms with van der Waals surface area (Å²) >= 11 is 0. The van der Waals surface area contributed by atoms with Crippen molar-refractivity contribution in [3.05, 3.63) is 53.1 Å². The van der Waals surface area contributed by atoms with Crippen molar-refractivity contribution < 1.29 is 28.2 Å². The fourth-order valence-electron chi connectivity index (χ4n) is 2.28. The number of aromatic hydroxyl groups is 1. The van der Waals surface area contributed by atoms with Crippen LogP contribution in [-0.4, -0.2) is 37.0 Å². The van der Waals surface area contributed by atoms with Crippen molar-refractivity contribution in [3.8, 4) is 11.5 Å². The molecule has 0 fully saturated rings. The van der Waals surface area contributed by atoms with Crippen molar-refractivity contribution in [3.63, 3.8) is 0 Å². The number of hydrogen-bond donors (Lipinski definition) is 2. The number of benzene rings is 2. The van der Waals surface area contributed by atoms with Crippen molar-refractivity contribution in [2.24, 2.45) is 0 Å². The number of carboxylic acids is 1. The molecule has 0 aliphatic rings. The third kappa shape index (κ3) is 4.26. The van der Waals surface area contributed by atoms with Crippen molar-refractivity contribution in [1.29, 1.82) is 0 Å². The van der Waals surface area contributed by atoms with Crippen molar-refractivity contribution >= 4 is 15.8 Å².